The Kier molecular flexibility index (Phi) is 5.43. The number of hydrogen-bond acceptors (Lipinski definition) is 3. The fourth-order valence-electron chi connectivity index (χ4n) is 2.48. The average Bonchev–Trinajstić information content (AvgIpc) is 3.05. The summed E-state index contributed by atoms with van der Waals surface area (Å²) in [5, 5.41) is 5.90. The standard InChI is InChI=1S/C20H21FN4O/c1-14(2)22-12-19(26)24-20-23-18(15-6-4-3-5-7-15)13-25(20)17-10-8-16(21)9-11-17/h3-11,13-14,22H,12H2,1-2H3,(H,23,24,26). The first kappa shape index (κ1) is 17.8. The molecule has 0 saturated heterocycles. The molecule has 1 aromatic heterocycles. The fraction of sp³-hybridized carbons (Fsp3) is 0.200. The van der Waals surface area contributed by atoms with Crippen molar-refractivity contribution in [3.8, 4) is 16.9 Å². The minimum absolute atomic E-state index is 0.188. The van der Waals surface area contributed by atoms with E-state index in [1.54, 1.807) is 16.7 Å². The summed E-state index contributed by atoms with van der Waals surface area (Å²) in [6, 6.07) is 15.9. The number of amides is 1. The maximum atomic E-state index is 13.3. The Balaban J connectivity index is 1.94. The third-order valence-corrected chi connectivity index (χ3v) is 3.80. The fourth-order valence-corrected chi connectivity index (χ4v) is 2.48. The quantitative estimate of drug-likeness (QED) is 0.712. The van der Waals surface area contributed by atoms with Gasteiger partial charge in [0.25, 0.3) is 0 Å². The third kappa shape index (κ3) is 4.34. The van der Waals surface area contributed by atoms with Crippen molar-refractivity contribution in [3.05, 3.63) is 66.6 Å². The lowest BCUT2D eigenvalue weighted by molar-refractivity contribution is -0.115. The van der Waals surface area contributed by atoms with Gasteiger partial charge in [0.1, 0.15) is 5.82 Å². The van der Waals surface area contributed by atoms with Crippen LogP contribution in [0.5, 0.6) is 0 Å². The number of imidazole rings is 1. The lowest BCUT2D eigenvalue weighted by Gasteiger charge is -2.10. The van der Waals surface area contributed by atoms with Crippen molar-refractivity contribution in [3.63, 3.8) is 0 Å². The van der Waals surface area contributed by atoms with E-state index in [0.717, 1.165) is 11.3 Å². The SMILES string of the molecule is CC(C)NCC(=O)Nc1nc(-c2ccccc2)cn1-c1ccc(F)cc1. The molecule has 0 spiro atoms. The molecule has 2 N–H and O–H groups in total. The highest BCUT2D eigenvalue weighted by Gasteiger charge is 2.14. The molecule has 3 rings (SSSR count). The number of aromatic nitrogens is 2. The first-order valence-electron chi connectivity index (χ1n) is 8.47. The Morgan fingerprint density at radius 3 is 2.46 bits per heavy atom. The molecule has 1 heterocycles. The van der Waals surface area contributed by atoms with Crippen LogP contribution in [-0.4, -0.2) is 28.0 Å². The minimum Gasteiger partial charge on any atom is -0.306 e. The zero-order chi connectivity index (χ0) is 18.5. The summed E-state index contributed by atoms with van der Waals surface area (Å²) in [5.41, 5.74) is 2.37. The normalized spacial score (nSPS) is 10.9. The summed E-state index contributed by atoms with van der Waals surface area (Å²) in [6.07, 6.45) is 1.83. The molecule has 0 radical (unpaired) electrons. The maximum Gasteiger partial charge on any atom is 0.240 e. The maximum absolute atomic E-state index is 13.3. The van der Waals surface area contributed by atoms with Crippen LogP contribution >= 0.6 is 0 Å². The van der Waals surface area contributed by atoms with Crippen molar-refractivity contribution in [1.82, 2.24) is 14.9 Å². The van der Waals surface area contributed by atoms with Gasteiger partial charge < -0.3 is 5.32 Å². The van der Waals surface area contributed by atoms with Crippen molar-refractivity contribution >= 4 is 11.9 Å². The van der Waals surface area contributed by atoms with Crippen LogP contribution in [-0.2, 0) is 4.79 Å². The van der Waals surface area contributed by atoms with Gasteiger partial charge in [0.15, 0.2) is 0 Å². The zero-order valence-corrected chi connectivity index (χ0v) is 14.7. The molecular weight excluding hydrogens is 331 g/mol. The van der Waals surface area contributed by atoms with E-state index in [0.29, 0.717) is 11.6 Å². The summed E-state index contributed by atoms with van der Waals surface area (Å²) in [6.45, 7) is 4.13. The highest BCUT2D eigenvalue weighted by molar-refractivity contribution is 5.91. The number of rotatable bonds is 6. The Morgan fingerprint density at radius 1 is 1.12 bits per heavy atom. The number of benzene rings is 2. The number of halogens is 1. The van der Waals surface area contributed by atoms with E-state index in [2.05, 4.69) is 15.6 Å². The van der Waals surface area contributed by atoms with Crippen LogP contribution in [0.2, 0.25) is 0 Å². The summed E-state index contributed by atoms with van der Waals surface area (Å²) in [4.78, 5) is 16.8. The molecule has 0 aliphatic heterocycles. The van der Waals surface area contributed by atoms with Crippen LogP contribution in [0, 0.1) is 5.82 Å². The van der Waals surface area contributed by atoms with E-state index in [-0.39, 0.29) is 24.3 Å². The van der Waals surface area contributed by atoms with Crippen LogP contribution in [0.15, 0.2) is 60.8 Å². The molecule has 1 amide bonds. The van der Waals surface area contributed by atoms with Gasteiger partial charge in [-0.25, -0.2) is 9.37 Å². The highest BCUT2D eigenvalue weighted by atomic mass is 19.1. The Morgan fingerprint density at radius 2 is 1.81 bits per heavy atom. The second-order valence-corrected chi connectivity index (χ2v) is 6.25. The first-order valence-corrected chi connectivity index (χ1v) is 8.47. The highest BCUT2D eigenvalue weighted by Crippen LogP contribution is 2.24. The lowest BCUT2D eigenvalue weighted by atomic mass is 10.2. The van der Waals surface area contributed by atoms with Gasteiger partial charge in [-0.3, -0.25) is 14.7 Å². The summed E-state index contributed by atoms with van der Waals surface area (Å²) in [5.74, 6) is -0.109. The van der Waals surface area contributed by atoms with Gasteiger partial charge in [-0.05, 0) is 24.3 Å². The van der Waals surface area contributed by atoms with Crippen LogP contribution in [0.1, 0.15) is 13.8 Å². The molecular formula is C20H21FN4O. The molecule has 134 valence electrons. The molecule has 0 saturated carbocycles. The predicted octanol–water partition coefficient (Wildman–Crippen LogP) is 3.61. The molecule has 0 bridgehead atoms. The van der Waals surface area contributed by atoms with Gasteiger partial charge in [0.2, 0.25) is 11.9 Å². The second-order valence-electron chi connectivity index (χ2n) is 6.25. The second kappa shape index (κ2) is 7.93. The van der Waals surface area contributed by atoms with Gasteiger partial charge in [0.05, 0.1) is 12.2 Å². The van der Waals surface area contributed by atoms with E-state index < -0.39 is 0 Å². The van der Waals surface area contributed by atoms with E-state index >= 15 is 0 Å². The number of carbonyl (C=O) groups is 1. The molecule has 0 atom stereocenters. The molecule has 0 aliphatic rings. The molecule has 0 unspecified atom stereocenters. The summed E-state index contributed by atoms with van der Waals surface area (Å²) < 4.78 is 15.0. The Hall–Kier alpha value is -2.99. The number of hydrogen-bond donors (Lipinski definition) is 2. The lowest BCUT2D eigenvalue weighted by Crippen LogP contribution is -2.33. The van der Waals surface area contributed by atoms with Crippen molar-refractivity contribution in [2.45, 2.75) is 19.9 Å². The molecule has 0 aliphatic carbocycles. The number of carbonyl (C=O) groups excluding carboxylic acids is 1. The monoisotopic (exact) mass is 352 g/mol. The van der Waals surface area contributed by atoms with Crippen molar-refractivity contribution in [1.29, 1.82) is 0 Å². The molecule has 3 aromatic rings. The van der Waals surface area contributed by atoms with Crippen LogP contribution in [0.3, 0.4) is 0 Å². The summed E-state index contributed by atoms with van der Waals surface area (Å²) in [7, 11) is 0. The molecule has 6 heteroatoms. The van der Waals surface area contributed by atoms with Crippen LogP contribution in [0.4, 0.5) is 10.3 Å². The molecule has 26 heavy (non-hydrogen) atoms. The van der Waals surface area contributed by atoms with Crippen molar-refractivity contribution in [2.75, 3.05) is 11.9 Å². The average molecular weight is 352 g/mol. The molecule has 5 nitrogen and oxygen atoms in total. The van der Waals surface area contributed by atoms with Gasteiger partial charge in [0, 0.05) is 23.5 Å². The number of anilines is 1. The molecule has 0 fully saturated rings. The van der Waals surface area contributed by atoms with E-state index in [4.69, 9.17) is 0 Å². The molecule has 2 aromatic carbocycles. The van der Waals surface area contributed by atoms with E-state index in [1.807, 2.05) is 50.4 Å². The van der Waals surface area contributed by atoms with Crippen molar-refractivity contribution in [2.24, 2.45) is 0 Å². The number of nitrogens with zero attached hydrogens (tertiary/aromatic N) is 2. The van der Waals surface area contributed by atoms with E-state index in [9.17, 15) is 9.18 Å². The Bertz CT molecular complexity index is 873. The van der Waals surface area contributed by atoms with Crippen LogP contribution in [0.25, 0.3) is 16.9 Å². The van der Waals surface area contributed by atoms with Gasteiger partial charge in [-0.1, -0.05) is 44.2 Å². The Labute approximate surface area is 151 Å². The van der Waals surface area contributed by atoms with E-state index in [1.165, 1.54) is 12.1 Å². The smallest absolute Gasteiger partial charge is 0.240 e. The zero-order valence-electron chi connectivity index (χ0n) is 14.7. The first-order chi connectivity index (χ1) is 12.5. The van der Waals surface area contributed by atoms with Gasteiger partial charge >= 0.3 is 0 Å². The number of nitrogens with one attached hydrogen (secondary N) is 2. The predicted molar refractivity (Wildman–Crippen MR) is 101 cm³/mol. The topological polar surface area (TPSA) is 59.0 Å². The van der Waals surface area contributed by atoms with Crippen molar-refractivity contribution < 1.29 is 9.18 Å². The largest absolute Gasteiger partial charge is 0.306 e. The summed E-state index contributed by atoms with van der Waals surface area (Å²) >= 11 is 0. The van der Waals surface area contributed by atoms with Crippen LogP contribution < -0.4 is 10.6 Å². The van der Waals surface area contributed by atoms with Gasteiger partial charge in [-0.2, -0.15) is 0 Å². The van der Waals surface area contributed by atoms with Gasteiger partial charge in [-0.15, -0.1) is 0 Å². The minimum atomic E-state index is -0.316. The third-order valence-electron chi connectivity index (χ3n) is 3.80.